The zero-order valence-electron chi connectivity index (χ0n) is 11.9. The van der Waals surface area contributed by atoms with E-state index in [1.807, 2.05) is 0 Å². The van der Waals surface area contributed by atoms with Crippen LogP contribution in [0.25, 0.3) is 12.2 Å². The van der Waals surface area contributed by atoms with Gasteiger partial charge in [-0.15, -0.1) is 0 Å². The molecule has 0 bridgehead atoms. The number of benzene rings is 1. The van der Waals surface area contributed by atoms with Gasteiger partial charge in [-0.25, -0.2) is 0 Å². The van der Waals surface area contributed by atoms with Crippen LogP contribution < -0.4 is 0 Å². The molecule has 0 aliphatic rings. The van der Waals surface area contributed by atoms with Crippen molar-refractivity contribution >= 4 is 12.2 Å². The minimum Gasteiger partial charge on any atom is -0.0839 e. The number of unbranched alkanes of at least 4 members (excludes halogenated alkanes) is 4. The molecule has 0 saturated heterocycles. The van der Waals surface area contributed by atoms with Gasteiger partial charge in [0.25, 0.3) is 0 Å². The Morgan fingerprint density at radius 1 is 0.833 bits per heavy atom. The Bertz CT molecular complexity index is 338. The van der Waals surface area contributed by atoms with Crippen molar-refractivity contribution in [3.63, 3.8) is 0 Å². The maximum atomic E-state index is 2.28. The SMILES string of the molecule is CCCCC=Cc1cccc(C=CCCCC)c1. The van der Waals surface area contributed by atoms with Gasteiger partial charge in [0.2, 0.25) is 0 Å². The average Bonchev–Trinajstić information content (AvgIpc) is 2.40. The number of hydrogen-bond acceptors (Lipinski definition) is 0. The molecule has 1 aromatic carbocycles. The van der Waals surface area contributed by atoms with E-state index < -0.39 is 0 Å². The van der Waals surface area contributed by atoms with Crippen LogP contribution in [0.4, 0.5) is 0 Å². The van der Waals surface area contributed by atoms with Gasteiger partial charge < -0.3 is 0 Å². The van der Waals surface area contributed by atoms with Gasteiger partial charge in [-0.05, 0) is 30.0 Å². The maximum absolute atomic E-state index is 2.28. The molecule has 0 aromatic heterocycles. The van der Waals surface area contributed by atoms with Crippen molar-refractivity contribution in [1.82, 2.24) is 0 Å². The normalized spacial score (nSPS) is 11.7. The molecule has 0 N–H and O–H groups in total. The van der Waals surface area contributed by atoms with Crippen molar-refractivity contribution < 1.29 is 0 Å². The van der Waals surface area contributed by atoms with E-state index in [0.29, 0.717) is 0 Å². The summed E-state index contributed by atoms with van der Waals surface area (Å²) < 4.78 is 0. The first-order valence-corrected chi connectivity index (χ1v) is 7.30. The number of hydrogen-bond donors (Lipinski definition) is 0. The molecule has 0 saturated carbocycles. The fourth-order valence-electron chi connectivity index (χ4n) is 1.85. The van der Waals surface area contributed by atoms with Crippen molar-refractivity contribution in [1.29, 1.82) is 0 Å². The molecule has 98 valence electrons. The van der Waals surface area contributed by atoms with E-state index in [1.165, 1.54) is 49.7 Å². The highest BCUT2D eigenvalue weighted by Gasteiger charge is 1.89. The minimum absolute atomic E-state index is 1.19. The summed E-state index contributed by atoms with van der Waals surface area (Å²) in [5.74, 6) is 0. The molecular formula is C18H26. The van der Waals surface area contributed by atoms with Crippen LogP contribution in [0.3, 0.4) is 0 Å². The van der Waals surface area contributed by atoms with Crippen LogP contribution in [0.15, 0.2) is 36.4 Å². The molecule has 0 heterocycles. The Hall–Kier alpha value is -1.30. The molecule has 0 fully saturated rings. The fourth-order valence-corrected chi connectivity index (χ4v) is 1.85. The van der Waals surface area contributed by atoms with Gasteiger partial charge in [-0.1, -0.05) is 82.0 Å². The van der Waals surface area contributed by atoms with Gasteiger partial charge >= 0.3 is 0 Å². The highest BCUT2D eigenvalue weighted by atomic mass is 13.9. The quantitative estimate of drug-likeness (QED) is 0.484. The highest BCUT2D eigenvalue weighted by Crippen LogP contribution is 2.10. The van der Waals surface area contributed by atoms with E-state index in [9.17, 15) is 0 Å². The van der Waals surface area contributed by atoms with Gasteiger partial charge in [-0.3, -0.25) is 0 Å². The molecule has 0 heteroatoms. The van der Waals surface area contributed by atoms with Crippen LogP contribution in [0.5, 0.6) is 0 Å². The Labute approximate surface area is 112 Å². The van der Waals surface area contributed by atoms with E-state index in [-0.39, 0.29) is 0 Å². The van der Waals surface area contributed by atoms with E-state index in [4.69, 9.17) is 0 Å². The Balaban J connectivity index is 2.51. The standard InChI is InChI=1S/C18H26/c1-3-5-7-9-12-17-14-11-15-18(16-17)13-10-8-6-4-2/h9-16H,3-8H2,1-2H3. The third-order valence-corrected chi connectivity index (χ3v) is 2.98. The molecule has 0 spiro atoms. The lowest BCUT2D eigenvalue weighted by Gasteiger charge is -1.97. The van der Waals surface area contributed by atoms with Crippen molar-refractivity contribution in [3.05, 3.63) is 47.5 Å². The van der Waals surface area contributed by atoms with E-state index in [2.05, 4.69) is 62.4 Å². The lowest BCUT2D eigenvalue weighted by Crippen LogP contribution is -1.76. The minimum atomic E-state index is 1.19. The van der Waals surface area contributed by atoms with Gasteiger partial charge in [0.1, 0.15) is 0 Å². The summed E-state index contributed by atoms with van der Waals surface area (Å²) in [6.45, 7) is 4.46. The number of allylic oxidation sites excluding steroid dienone is 2. The summed E-state index contributed by atoms with van der Waals surface area (Å²) >= 11 is 0. The molecule has 0 nitrogen and oxygen atoms in total. The predicted molar refractivity (Wildman–Crippen MR) is 83.6 cm³/mol. The second kappa shape index (κ2) is 9.70. The van der Waals surface area contributed by atoms with E-state index in [1.54, 1.807) is 0 Å². The van der Waals surface area contributed by atoms with Gasteiger partial charge in [-0.2, -0.15) is 0 Å². The first-order chi connectivity index (χ1) is 8.86. The third-order valence-electron chi connectivity index (χ3n) is 2.98. The van der Waals surface area contributed by atoms with Crippen LogP contribution in [-0.2, 0) is 0 Å². The van der Waals surface area contributed by atoms with Crippen LogP contribution in [0.1, 0.15) is 63.5 Å². The smallest absolute Gasteiger partial charge is 0.0254 e. The molecule has 1 aromatic rings. The topological polar surface area (TPSA) is 0 Å². The van der Waals surface area contributed by atoms with Gasteiger partial charge in [0.05, 0.1) is 0 Å². The van der Waals surface area contributed by atoms with Crippen molar-refractivity contribution in [2.45, 2.75) is 52.4 Å². The van der Waals surface area contributed by atoms with Crippen molar-refractivity contribution in [3.8, 4) is 0 Å². The van der Waals surface area contributed by atoms with E-state index >= 15 is 0 Å². The molecule has 0 amide bonds. The molecule has 0 unspecified atom stereocenters. The lowest BCUT2D eigenvalue weighted by molar-refractivity contribution is 0.816. The summed E-state index contributed by atoms with van der Waals surface area (Å²) in [5.41, 5.74) is 2.62. The van der Waals surface area contributed by atoms with Crippen LogP contribution >= 0.6 is 0 Å². The fraction of sp³-hybridized carbons (Fsp3) is 0.444. The molecule has 0 aliphatic carbocycles. The van der Waals surface area contributed by atoms with Gasteiger partial charge in [0, 0.05) is 0 Å². The van der Waals surface area contributed by atoms with Crippen molar-refractivity contribution in [2.75, 3.05) is 0 Å². The number of rotatable bonds is 8. The summed E-state index contributed by atoms with van der Waals surface area (Å²) in [5, 5.41) is 0. The molecule has 0 aliphatic heterocycles. The van der Waals surface area contributed by atoms with Gasteiger partial charge in [0.15, 0.2) is 0 Å². The summed E-state index contributed by atoms with van der Waals surface area (Å²) in [7, 11) is 0. The summed E-state index contributed by atoms with van der Waals surface area (Å²) in [4.78, 5) is 0. The second-order valence-electron chi connectivity index (χ2n) is 4.76. The average molecular weight is 242 g/mol. The Morgan fingerprint density at radius 2 is 1.33 bits per heavy atom. The first-order valence-electron chi connectivity index (χ1n) is 7.30. The summed E-state index contributed by atoms with van der Waals surface area (Å²) in [6.07, 6.45) is 16.5. The largest absolute Gasteiger partial charge is 0.0839 e. The second-order valence-corrected chi connectivity index (χ2v) is 4.76. The molecule has 0 atom stereocenters. The van der Waals surface area contributed by atoms with Crippen molar-refractivity contribution in [2.24, 2.45) is 0 Å². The first kappa shape index (κ1) is 14.8. The Morgan fingerprint density at radius 3 is 1.78 bits per heavy atom. The van der Waals surface area contributed by atoms with Crippen LogP contribution in [0.2, 0.25) is 0 Å². The molecule has 1 rings (SSSR count). The predicted octanol–water partition coefficient (Wildman–Crippen LogP) is 6.09. The highest BCUT2D eigenvalue weighted by molar-refractivity contribution is 5.57. The zero-order valence-corrected chi connectivity index (χ0v) is 11.9. The monoisotopic (exact) mass is 242 g/mol. The molecular weight excluding hydrogens is 216 g/mol. The van der Waals surface area contributed by atoms with Crippen LogP contribution in [-0.4, -0.2) is 0 Å². The zero-order chi connectivity index (χ0) is 13.1. The summed E-state index contributed by atoms with van der Waals surface area (Å²) in [6, 6.07) is 8.74. The molecule has 18 heavy (non-hydrogen) atoms. The molecule has 0 radical (unpaired) electrons. The maximum Gasteiger partial charge on any atom is -0.0254 e. The van der Waals surface area contributed by atoms with E-state index in [0.717, 1.165) is 0 Å². The third kappa shape index (κ3) is 6.44. The Kier molecular flexibility index (Phi) is 7.96. The lowest BCUT2D eigenvalue weighted by atomic mass is 10.1. The van der Waals surface area contributed by atoms with Crippen LogP contribution in [0, 0.1) is 0 Å².